The monoisotopic (exact) mass is 200 g/mol. The Labute approximate surface area is 80.9 Å². The average Bonchev–Trinajstić information content (AvgIpc) is 2.16. The van der Waals surface area contributed by atoms with Gasteiger partial charge in [0.25, 0.3) is 0 Å². The maximum Gasteiger partial charge on any atom is 0.341 e. The van der Waals surface area contributed by atoms with E-state index in [4.69, 9.17) is 11.6 Å². The molecule has 1 aromatic heterocycles. The summed E-state index contributed by atoms with van der Waals surface area (Å²) in [6, 6.07) is 3.21. The fraction of sp³-hybridized carbons (Fsp3) is 0.250. The number of carbonyl (C=O) groups excluding carboxylic acids is 1. The van der Waals surface area contributed by atoms with E-state index in [1.165, 1.54) is 7.11 Å². The molecule has 1 N–H and O–H groups in total. The minimum Gasteiger partial charge on any atom is -0.465 e. The van der Waals surface area contributed by atoms with Crippen LogP contribution in [0.3, 0.4) is 0 Å². The van der Waals surface area contributed by atoms with E-state index in [0.717, 1.165) is 0 Å². The highest BCUT2D eigenvalue weighted by molar-refractivity contribution is 6.32. The van der Waals surface area contributed by atoms with Crippen molar-refractivity contribution in [2.75, 3.05) is 19.5 Å². The molecule has 4 nitrogen and oxygen atoms in total. The summed E-state index contributed by atoms with van der Waals surface area (Å²) in [7, 11) is 3.02. The van der Waals surface area contributed by atoms with E-state index >= 15 is 0 Å². The number of rotatable bonds is 2. The van der Waals surface area contributed by atoms with Crippen LogP contribution in [0.2, 0.25) is 5.15 Å². The predicted molar refractivity (Wildman–Crippen MR) is 50.1 cm³/mol. The van der Waals surface area contributed by atoms with Gasteiger partial charge in [-0.3, -0.25) is 0 Å². The Morgan fingerprint density at radius 1 is 1.62 bits per heavy atom. The molecule has 0 aliphatic carbocycles. The molecule has 0 radical (unpaired) electrons. The van der Waals surface area contributed by atoms with Crippen molar-refractivity contribution in [1.29, 1.82) is 0 Å². The van der Waals surface area contributed by atoms with Gasteiger partial charge < -0.3 is 10.1 Å². The highest BCUT2D eigenvalue weighted by Gasteiger charge is 2.11. The lowest BCUT2D eigenvalue weighted by Crippen LogP contribution is -2.04. The van der Waals surface area contributed by atoms with Gasteiger partial charge in [0.1, 0.15) is 11.0 Å². The van der Waals surface area contributed by atoms with Crippen LogP contribution in [0.1, 0.15) is 10.4 Å². The first-order valence-corrected chi connectivity index (χ1v) is 3.99. The largest absolute Gasteiger partial charge is 0.465 e. The molecule has 0 bridgehead atoms. The summed E-state index contributed by atoms with van der Waals surface area (Å²) in [5.41, 5.74) is 0.267. The van der Waals surface area contributed by atoms with E-state index in [2.05, 4.69) is 15.0 Å². The van der Waals surface area contributed by atoms with Gasteiger partial charge in [-0.15, -0.1) is 0 Å². The molecule has 0 unspecified atom stereocenters. The minimum atomic E-state index is -0.486. The summed E-state index contributed by atoms with van der Waals surface area (Å²) in [5, 5.41) is 2.94. The topological polar surface area (TPSA) is 51.2 Å². The summed E-state index contributed by atoms with van der Waals surface area (Å²) in [5.74, 6) is 0.123. The van der Waals surface area contributed by atoms with Crippen molar-refractivity contribution >= 4 is 23.4 Å². The Morgan fingerprint density at radius 2 is 2.31 bits per heavy atom. The first-order valence-electron chi connectivity index (χ1n) is 3.61. The van der Waals surface area contributed by atoms with Crippen LogP contribution < -0.4 is 5.32 Å². The Hall–Kier alpha value is -1.29. The average molecular weight is 201 g/mol. The third-order valence-electron chi connectivity index (χ3n) is 1.51. The highest BCUT2D eigenvalue weighted by Crippen LogP contribution is 2.16. The lowest BCUT2D eigenvalue weighted by atomic mass is 10.3. The van der Waals surface area contributed by atoms with Crippen LogP contribution in [0, 0.1) is 0 Å². The van der Waals surface area contributed by atoms with E-state index < -0.39 is 5.97 Å². The fourth-order valence-corrected chi connectivity index (χ4v) is 1.07. The van der Waals surface area contributed by atoms with Crippen molar-refractivity contribution in [2.45, 2.75) is 0 Å². The highest BCUT2D eigenvalue weighted by atomic mass is 35.5. The number of methoxy groups -OCH3 is 1. The third-order valence-corrected chi connectivity index (χ3v) is 1.80. The quantitative estimate of drug-likeness (QED) is 0.582. The van der Waals surface area contributed by atoms with Crippen LogP contribution >= 0.6 is 11.6 Å². The number of ether oxygens (including phenoxy) is 1. The lowest BCUT2D eigenvalue weighted by Gasteiger charge is -2.03. The van der Waals surface area contributed by atoms with E-state index in [-0.39, 0.29) is 10.7 Å². The molecule has 0 atom stereocenters. The SMILES string of the molecule is CNc1ccc(C(=O)OC)c(Cl)n1. The number of nitrogens with one attached hydrogen (secondary N) is 1. The van der Waals surface area contributed by atoms with Crippen LogP contribution in [-0.2, 0) is 4.74 Å². The molecule has 0 fully saturated rings. The number of halogens is 1. The molecule has 1 heterocycles. The van der Waals surface area contributed by atoms with Gasteiger partial charge in [0, 0.05) is 7.05 Å². The van der Waals surface area contributed by atoms with Crippen LogP contribution in [0.15, 0.2) is 12.1 Å². The second-order valence-corrected chi connectivity index (χ2v) is 2.63. The maximum atomic E-state index is 11.1. The van der Waals surface area contributed by atoms with Crippen molar-refractivity contribution in [1.82, 2.24) is 4.98 Å². The number of carbonyl (C=O) groups is 1. The number of nitrogens with zero attached hydrogens (tertiary/aromatic N) is 1. The zero-order chi connectivity index (χ0) is 9.84. The molecular weight excluding hydrogens is 192 g/mol. The summed E-state index contributed by atoms with van der Waals surface area (Å²) in [6.07, 6.45) is 0. The molecule has 0 saturated carbocycles. The van der Waals surface area contributed by atoms with Crippen molar-refractivity contribution in [3.63, 3.8) is 0 Å². The molecule has 1 aromatic rings. The summed E-state index contributed by atoms with van der Waals surface area (Å²) < 4.78 is 4.51. The molecular formula is C8H9ClN2O2. The summed E-state index contributed by atoms with van der Waals surface area (Å²) in [6.45, 7) is 0. The van der Waals surface area contributed by atoms with E-state index in [0.29, 0.717) is 5.82 Å². The molecule has 5 heteroatoms. The van der Waals surface area contributed by atoms with Crippen LogP contribution in [0.4, 0.5) is 5.82 Å². The van der Waals surface area contributed by atoms with Gasteiger partial charge in [-0.05, 0) is 12.1 Å². The maximum absolute atomic E-state index is 11.1. The number of aromatic nitrogens is 1. The normalized spacial score (nSPS) is 9.46. The smallest absolute Gasteiger partial charge is 0.341 e. The number of esters is 1. The molecule has 70 valence electrons. The predicted octanol–water partition coefficient (Wildman–Crippen LogP) is 1.56. The second-order valence-electron chi connectivity index (χ2n) is 2.28. The molecule has 0 amide bonds. The molecule has 0 aliphatic heterocycles. The van der Waals surface area contributed by atoms with Gasteiger partial charge in [-0.1, -0.05) is 11.6 Å². The molecule has 0 saturated heterocycles. The zero-order valence-corrected chi connectivity index (χ0v) is 8.05. The molecule has 0 aliphatic rings. The minimum absolute atomic E-state index is 0.138. The zero-order valence-electron chi connectivity index (χ0n) is 7.30. The number of hydrogen-bond acceptors (Lipinski definition) is 4. The number of anilines is 1. The third kappa shape index (κ3) is 2.09. The van der Waals surface area contributed by atoms with Gasteiger partial charge in [0.05, 0.1) is 12.7 Å². The van der Waals surface area contributed by atoms with Crippen molar-refractivity contribution < 1.29 is 9.53 Å². The van der Waals surface area contributed by atoms with Gasteiger partial charge in [0.15, 0.2) is 0 Å². The Balaban J connectivity index is 3.05. The van der Waals surface area contributed by atoms with E-state index in [9.17, 15) is 4.79 Å². The van der Waals surface area contributed by atoms with Crippen molar-refractivity contribution in [3.8, 4) is 0 Å². The van der Waals surface area contributed by atoms with Crippen molar-refractivity contribution in [2.24, 2.45) is 0 Å². The first-order chi connectivity index (χ1) is 6.19. The molecule has 13 heavy (non-hydrogen) atoms. The molecule has 1 rings (SSSR count). The number of pyridine rings is 1. The lowest BCUT2D eigenvalue weighted by molar-refractivity contribution is 0.0600. The Morgan fingerprint density at radius 3 is 2.77 bits per heavy atom. The Bertz CT molecular complexity index is 328. The number of hydrogen-bond donors (Lipinski definition) is 1. The summed E-state index contributed by atoms with van der Waals surface area (Å²) in [4.78, 5) is 15.0. The van der Waals surface area contributed by atoms with Gasteiger partial charge in [0.2, 0.25) is 0 Å². The van der Waals surface area contributed by atoms with Crippen LogP contribution in [-0.4, -0.2) is 25.1 Å². The van der Waals surface area contributed by atoms with Gasteiger partial charge >= 0.3 is 5.97 Å². The Kier molecular flexibility index (Phi) is 3.08. The first kappa shape index (κ1) is 9.80. The fourth-order valence-electron chi connectivity index (χ4n) is 0.836. The molecule has 0 spiro atoms. The van der Waals surface area contributed by atoms with Crippen molar-refractivity contribution in [3.05, 3.63) is 22.8 Å². The molecule has 0 aromatic carbocycles. The van der Waals surface area contributed by atoms with Gasteiger partial charge in [-0.25, -0.2) is 9.78 Å². The summed E-state index contributed by atoms with van der Waals surface area (Å²) >= 11 is 5.73. The van der Waals surface area contributed by atoms with Crippen LogP contribution in [0.25, 0.3) is 0 Å². The second kappa shape index (κ2) is 4.09. The van der Waals surface area contributed by atoms with Gasteiger partial charge in [-0.2, -0.15) is 0 Å². The standard InChI is InChI=1S/C8H9ClN2O2/c1-10-6-4-3-5(7(9)11-6)8(12)13-2/h3-4H,1-2H3,(H,10,11). The van der Waals surface area contributed by atoms with Crippen LogP contribution in [0.5, 0.6) is 0 Å². The van der Waals surface area contributed by atoms with E-state index in [1.54, 1.807) is 19.2 Å². The van der Waals surface area contributed by atoms with E-state index in [1.807, 2.05) is 0 Å².